The van der Waals surface area contributed by atoms with E-state index < -0.39 is 29.1 Å². The van der Waals surface area contributed by atoms with Gasteiger partial charge in [0.15, 0.2) is 0 Å². The minimum absolute atomic E-state index is 0.0202. The Balaban J connectivity index is 2.79. The molecule has 2 rings (SSSR count). The van der Waals surface area contributed by atoms with Crippen LogP contribution in [0.3, 0.4) is 0 Å². The topological polar surface area (TPSA) is 25.8 Å². The van der Waals surface area contributed by atoms with E-state index in [-0.39, 0.29) is 16.9 Å². The van der Waals surface area contributed by atoms with Gasteiger partial charge in [-0.05, 0) is 35.1 Å². The van der Waals surface area contributed by atoms with Gasteiger partial charge in [0.05, 0.1) is 11.1 Å². The molecule has 23 heavy (non-hydrogen) atoms. The average Bonchev–Trinajstić information content (AvgIpc) is 2.97. The Bertz CT molecular complexity index is 663. The SMILES string of the molecule is CCc1c(C(F)(C(F)(F)F)C(F)(F)F)[c]ccc1-c1cnns1. The van der Waals surface area contributed by atoms with Gasteiger partial charge in [-0.3, -0.25) is 0 Å². The molecule has 0 aliphatic rings. The number of benzene rings is 1. The fraction of sp³-hybridized carbons (Fsp3) is 0.385. The summed E-state index contributed by atoms with van der Waals surface area (Å²) in [4.78, 5) is 0.240. The summed E-state index contributed by atoms with van der Waals surface area (Å²) in [7, 11) is 0. The third kappa shape index (κ3) is 2.79. The number of hydrogen-bond acceptors (Lipinski definition) is 3. The predicted molar refractivity (Wildman–Crippen MR) is 68.5 cm³/mol. The van der Waals surface area contributed by atoms with Crippen LogP contribution in [0.4, 0.5) is 30.7 Å². The third-order valence-electron chi connectivity index (χ3n) is 3.21. The van der Waals surface area contributed by atoms with Gasteiger partial charge in [0, 0.05) is 5.56 Å². The van der Waals surface area contributed by atoms with Gasteiger partial charge >= 0.3 is 18.0 Å². The normalized spacial score (nSPS) is 13.4. The molecule has 1 aromatic carbocycles. The Kier molecular flexibility index (Phi) is 4.40. The van der Waals surface area contributed by atoms with Gasteiger partial charge in [0.1, 0.15) is 0 Å². The molecule has 0 aliphatic heterocycles. The lowest BCUT2D eigenvalue weighted by Gasteiger charge is -2.32. The molecule has 0 bridgehead atoms. The Morgan fingerprint density at radius 3 is 2.13 bits per heavy atom. The lowest BCUT2D eigenvalue weighted by Crippen LogP contribution is -2.51. The molecule has 0 spiro atoms. The van der Waals surface area contributed by atoms with Crippen LogP contribution in [-0.4, -0.2) is 21.9 Å². The first-order chi connectivity index (χ1) is 10.5. The van der Waals surface area contributed by atoms with Crippen LogP contribution in [0.2, 0.25) is 0 Å². The largest absolute Gasteiger partial charge is 0.435 e. The van der Waals surface area contributed by atoms with Crippen molar-refractivity contribution in [2.24, 2.45) is 0 Å². The van der Waals surface area contributed by atoms with Crippen molar-refractivity contribution >= 4 is 11.5 Å². The first kappa shape index (κ1) is 17.6. The maximum absolute atomic E-state index is 14.3. The molecule has 1 radical (unpaired) electrons. The first-order valence-corrected chi connectivity index (χ1v) is 6.95. The van der Waals surface area contributed by atoms with Crippen molar-refractivity contribution in [2.45, 2.75) is 31.4 Å². The summed E-state index contributed by atoms with van der Waals surface area (Å²) in [5, 5.41) is 3.48. The second-order valence-electron chi connectivity index (χ2n) is 4.53. The van der Waals surface area contributed by atoms with Gasteiger partial charge in [0.2, 0.25) is 0 Å². The van der Waals surface area contributed by atoms with Crippen LogP contribution in [0.1, 0.15) is 18.1 Å². The second kappa shape index (κ2) is 5.73. The Morgan fingerprint density at radius 1 is 1.09 bits per heavy atom. The highest BCUT2D eigenvalue weighted by molar-refractivity contribution is 7.09. The van der Waals surface area contributed by atoms with Crippen LogP contribution in [-0.2, 0) is 12.1 Å². The highest BCUT2D eigenvalue weighted by atomic mass is 32.1. The van der Waals surface area contributed by atoms with E-state index in [0.717, 1.165) is 17.6 Å². The number of rotatable bonds is 3. The molecule has 0 amide bonds. The molecular weight excluding hydrogens is 349 g/mol. The fourth-order valence-electron chi connectivity index (χ4n) is 2.17. The summed E-state index contributed by atoms with van der Waals surface area (Å²) in [5.41, 5.74) is -7.49. The van der Waals surface area contributed by atoms with Crippen LogP contribution < -0.4 is 0 Å². The van der Waals surface area contributed by atoms with E-state index in [4.69, 9.17) is 0 Å². The maximum Gasteiger partial charge on any atom is 0.435 e. The second-order valence-corrected chi connectivity index (χ2v) is 5.32. The van der Waals surface area contributed by atoms with Crippen molar-refractivity contribution in [1.82, 2.24) is 9.59 Å². The van der Waals surface area contributed by atoms with Crippen LogP contribution in [0.15, 0.2) is 18.3 Å². The van der Waals surface area contributed by atoms with Crippen LogP contribution >= 0.6 is 11.5 Å². The molecule has 125 valence electrons. The smallest absolute Gasteiger partial charge is 0.218 e. The lowest BCUT2D eigenvalue weighted by molar-refractivity contribution is -0.349. The first-order valence-electron chi connectivity index (χ1n) is 6.18. The van der Waals surface area contributed by atoms with Crippen LogP contribution in [0.25, 0.3) is 10.4 Å². The third-order valence-corrected chi connectivity index (χ3v) is 3.91. The number of aromatic nitrogens is 2. The molecular formula is C13H8F7N2S. The van der Waals surface area contributed by atoms with Gasteiger partial charge in [-0.25, -0.2) is 4.39 Å². The van der Waals surface area contributed by atoms with E-state index >= 15 is 0 Å². The van der Waals surface area contributed by atoms with Crippen LogP contribution in [0, 0.1) is 6.07 Å². The number of alkyl halides is 7. The molecule has 0 fully saturated rings. The van der Waals surface area contributed by atoms with Crippen molar-refractivity contribution in [2.75, 3.05) is 0 Å². The Labute approximate surface area is 130 Å². The molecule has 0 aliphatic carbocycles. The molecule has 1 heterocycles. The van der Waals surface area contributed by atoms with E-state index in [0.29, 0.717) is 0 Å². The standard InChI is InChI=1S/C13H8F7N2S/c1-2-7-8(10-6-21-22-23-10)4-3-5-9(7)11(14,12(15,16)17)13(18,19)20/h3-4,6H,2H2,1H3. The van der Waals surface area contributed by atoms with Gasteiger partial charge in [-0.1, -0.05) is 23.5 Å². The number of nitrogens with zero attached hydrogens (tertiary/aromatic N) is 2. The average molecular weight is 357 g/mol. The van der Waals surface area contributed by atoms with Gasteiger partial charge < -0.3 is 0 Å². The van der Waals surface area contributed by atoms with Crippen molar-refractivity contribution in [1.29, 1.82) is 0 Å². The summed E-state index contributed by atoms with van der Waals surface area (Å²) in [6, 6.07) is 3.88. The van der Waals surface area contributed by atoms with E-state index in [9.17, 15) is 30.7 Å². The number of hydrogen-bond donors (Lipinski definition) is 0. The molecule has 0 unspecified atom stereocenters. The summed E-state index contributed by atoms with van der Waals surface area (Å²) >= 11 is 0.780. The molecule has 10 heteroatoms. The monoisotopic (exact) mass is 357 g/mol. The van der Waals surface area contributed by atoms with Crippen LogP contribution in [0.5, 0.6) is 0 Å². The minimum atomic E-state index is -6.17. The molecule has 0 saturated carbocycles. The summed E-state index contributed by atoms with van der Waals surface area (Å²) in [5.74, 6) is 0. The zero-order valence-electron chi connectivity index (χ0n) is 11.4. The van der Waals surface area contributed by atoms with E-state index in [1.165, 1.54) is 19.2 Å². The molecule has 2 aromatic rings. The summed E-state index contributed by atoms with van der Waals surface area (Å²) in [6.45, 7) is 1.33. The summed E-state index contributed by atoms with van der Waals surface area (Å²) < 4.78 is 95.4. The van der Waals surface area contributed by atoms with E-state index in [2.05, 4.69) is 9.59 Å². The zero-order valence-corrected chi connectivity index (χ0v) is 12.2. The van der Waals surface area contributed by atoms with Crippen molar-refractivity contribution in [3.05, 3.63) is 35.5 Å². The molecule has 2 nitrogen and oxygen atoms in total. The molecule has 0 atom stereocenters. The van der Waals surface area contributed by atoms with Crippen molar-refractivity contribution in [3.63, 3.8) is 0 Å². The number of halogens is 7. The predicted octanol–water partition coefficient (Wildman–Crippen LogP) is 4.86. The quantitative estimate of drug-likeness (QED) is 0.734. The molecule has 0 N–H and O–H groups in total. The highest BCUT2D eigenvalue weighted by Gasteiger charge is 2.74. The van der Waals surface area contributed by atoms with Crippen molar-refractivity contribution < 1.29 is 30.7 Å². The van der Waals surface area contributed by atoms with Crippen molar-refractivity contribution in [3.8, 4) is 10.4 Å². The van der Waals surface area contributed by atoms with Gasteiger partial charge in [0.25, 0.3) is 0 Å². The summed E-state index contributed by atoms with van der Waals surface area (Å²) in [6.07, 6.45) is -11.4. The zero-order chi connectivity index (χ0) is 17.5. The molecule has 1 aromatic heterocycles. The van der Waals surface area contributed by atoms with E-state index in [1.54, 1.807) is 6.07 Å². The maximum atomic E-state index is 14.3. The van der Waals surface area contributed by atoms with Gasteiger partial charge in [-0.15, -0.1) is 5.10 Å². The Morgan fingerprint density at radius 2 is 1.70 bits per heavy atom. The lowest BCUT2D eigenvalue weighted by atomic mass is 9.86. The van der Waals surface area contributed by atoms with Gasteiger partial charge in [-0.2, -0.15) is 26.3 Å². The molecule has 0 saturated heterocycles. The fourth-order valence-corrected chi connectivity index (χ4v) is 2.73. The Hall–Kier alpha value is -1.71. The highest BCUT2D eigenvalue weighted by Crippen LogP contribution is 2.54. The van der Waals surface area contributed by atoms with E-state index in [1.807, 2.05) is 0 Å². The minimum Gasteiger partial charge on any atom is -0.218 e.